The highest BCUT2D eigenvalue weighted by molar-refractivity contribution is 5.53. The molecule has 0 aliphatic carbocycles. The lowest BCUT2D eigenvalue weighted by Crippen LogP contribution is -2.43. The van der Waals surface area contributed by atoms with Gasteiger partial charge in [-0.05, 0) is 17.7 Å². The maximum atomic E-state index is 11.1. The number of benzene rings is 2. The number of hydrogen-bond donors (Lipinski definition) is 7. The normalized spacial score (nSPS) is 32.1. The van der Waals surface area contributed by atoms with Gasteiger partial charge in [0.05, 0.1) is 19.3 Å². The smallest absolute Gasteiger partial charge is 0.187 e. The molecule has 2 aromatic carbocycles. The molecule has 8 atom stereocenters. The van der Waals surface area contributed by atoms with Gasteiger partial charge in [0.1, 0.15) is 59.6 Å². The molecular weight excluding hydrogens is 440 g/mol. The van der Waals surface area contributed by atoms with Gasteiger partial charge in [0, 0.05) is 12.1 Å². The van der Waals surface area contributed by atoms with E-state index in [0.717, 1.165) is 6.07 Å². The number of aliphatic hydroxyl groups is 5. The quantitative estimate of drug-likeness (QED) is 0.291. The summed E-state index contributed by atoms with van der Waals surface area (Å²) < 4.78 is 22.4. The van der Waals surface area contributed by atoms with Crippen molar-refractivity contribution in [3.8, 4) is 23.0 Å². The van der Waals surface area contributed by atoms with Crippen molar-refractivity contribution in [2.45, 2.75) is 49.0 Å². The predicted octanol–water partition coefficient (Wildman–Crippen LogP) is -0.541. The maximum absolute atomic E-state index is 11.1. The van der Waals surface area contributed by atoms with Gasteiger partial charge in [-0.3, -0.25) is 0 Å². The highest BCUT2D eigenvalue weighted by Gasteiger charge is 2.50. The summed E-state index contributed by atoms with van der Waals surface area (Å²) in [5, 5.41) is 70.8. The van der Waals surface area contributed by atoms with Gasteiger partial charge in [-0.15, -0.1) is 0 Å². The van der Waals surface area contributed by atoms with Crippen LogP contribution in [0.5, 0.6) is 23.0 Å². The second-order valence-electron chi connectivity index (χ2n) is 7.93. The number of methoxy groups -OCH3 is 1. The minimum absolute atomic E-state index is 0.0298. The summed E-state index contributed by atoms with van der Waals surface area (Å²) >= 11 is 0. The SMILES string of the molecule is COc1ccc(C2Oc3cc(O)cc(O)c3C(O)C2OC2OC(C(O)CO)C(O)C2O)cc1. The van der Waals surface area contributed by atoms with Crippen LogP contribution >= 0.6 is 0 Å². The second kappa shape index (κ2) is 9.31. The Hall–Kier alpha value is -2.64. The van der Waals surface area contributed by atoms with E-state index in [1.807, 2.05) is 0 Å². The van der Waals surface area contributed by atoms with E-state index in [2.05, 4.69) is 0 Å². The Morgan fingerprint density at radius 1 is 1.03 bits per heavy atom. The standard InChI is InChI=1S/C22H26O11/c1-30-11-4-2-9(3-5-11)19-21(16(27)15-12(25)6-10(24)7-14(15)31-19)33-22-18(29)17(28)20(32-22)13(26)8-23/h2-7,13,16-29H,8H2,1H3. The Bertz CT molecular complexity index is 966. The number of ether oxygens (including phenoxy) is 4. The van der Waals surface area contributed by atoms with Crippen molar-refractivity contribution in [2.24, 2.45) is 0 Å². The fourth-order valence-corrected chi connectivity index (χ4v) is 4.08. The molecule has 1 fully saturated rings. The number of hydrogen-bond acceptors (Lipinski definition) is 11. The van der Waals surface area contributed by atoms with E-state index in [1.54, 1.807) is 24.3 Å². The van der Waals surface area contributed by atoms with Gasteiger partial charge in [0.25, 0.3) is 0 Å². The molecule has 33 heavy (non-hydrogen) atoms. The summed E-state index contributed by atoms with van der Waals surface area (Å²) in [6.07, 6.45) is -11.2. The Labute approximate surface area is 188 Å². The van der Waals surface area contributed by atoms with Crippen molar-refractivity contribution in [3.63, 3.8) is 0 Å². The predicted molar refractivity (Wildman–Crippen MR) is 110 cm³/mol. The van der Waals surface area contributed by atoms with E-state index in [4.69, 9.17) is 24.1 Å². The molecule has 1 saturated heterocycles. The van der Waals surface area contributed by atoms with Crippen molar-refractivity contribution in [2.75, 3.05) is 13.7 Å². The van der Waals surface area contributed by atoms with E-state index in [9.17, 15) is 30.6 Å². The summed E-state index contributed by atoms with van der Waals surface area (Å²) in [5.74, 6) is -0.102. The molecule has 0 saturated carbocycles. The molecule has 2 aliphatic heterocycles. The van der Waals surface area contributed by atoms with Crippen LogP contribution in [0, 0.1) is 0 Å². The zero-order valence-corrected chi connectivity index (χ0v) is 17.6. The molecular formula is C22H26O11. The molecule has 11 nitrogen and oxygen atoms in total. The topological polar surface area (TPSA) is 179 Å². The van der Waals surface area contributed by atoms with Crippen molar-refractivity contribution < 1.29 is 54.7 Å². The number of aliphatic hydroxyl groups excluding tert-OH is 5. The average Bonchev–Trinajstić information content (AvgIpc) is 3.08. The number of phenolic OH excluding ortho intramolecular Hbond substituents is 2. The Kier molecular flexibility index (Phi) is 6.64. The fraction of sp³-hybridized carbons (Fsp3) is 0.455. The van der Waals surface area contributed by atoms with Crippen LogP contribution in [0.15, 0.2) is 36.4 Å². The van der Waals surface area contributed by atoms with Gasteiger partial charge < -0.3 is 54.7 Å². The summed E-state index contributed by atoms with van der Waals surface area (Å²) in [5.41, 5.74) is 0.496. The summed E-state index contributed by atoms with van der Waals surface area (Å²) in [7, 11) is 1.50. The molecule has 0 aromatic heterocycles. The molecule has 0 radical (unpaired) electrons. The van der Waals surface area contributed by atoms with Gasteiger partial charge in [-0.25, -0.2) is 0 Å². The molecule has 2 aromatic rings. The van der Waals surface area contributed by atoms with Crippen LogP contribution in [0.4, 0.5) is 0 Å². The molecule has 0 spiro atoms. The third-order valence-electron chi connectivity index (χ3n) is 5.82. The van der Waals surface area contributed by atoms with Gasteiger partial charge >= 0.3 is 0 Å². The largest absolute Gasteiger partial charge is 0.508 e. The molecule has 180 valence electrons. The van der Waals surface area contributed by atoms with Crippen molar-refractivity contribution >= 4 is 0 Å². The summed E-state index contributed by atoms with van der Waals surface area (Å²) in [6.45, 7) is -0.713. The van der Waals surface area contributed by atoms with E-state index < -0.39 is 61.4 Å². The first-order valence-electron chi connectivity index (χ1n) is 10.3. The molecule has 11 heteroatoms. The lowest BCUT2D eigenvalue weighted by molar-refractivity contribution is -0.239. The highest BCUT2D eigenvalue weighted by Crippen LogP contribution is 2.48. The van der Waals surface area contributed by atoms with Gasteiger partial charge in [-0.1, -0.05) is 12.1 Å². The van der Waals surface area contributed by atoms with Gasteiger partial charge in [0.2, 0.25) is 0 Å². The van der Waals surface area contributed by atoms with Crippen molar-refractivity contribution in [1.82, 2.24) is 0 Å². The van der Waals surface area contributed by atoms with Gasteiger partial charge in [0.15, 0.2) is 12.4 Å². The first-order valence-corrected chi connectivity index (χ1v) is 10.3. The van der Waals surface area contributed by atoms with E-state index >= 15 is 0 Å². The lowest BCUT2D eigenvalue weighted by atomic mass is 9.91. The maximum Gasteiger partial charge on any atom is 0.187 e. The van der Waals surface area contributed by atoms with Gasteiger partial charge in [-0.2, -0.15) is 0 Å². The zero-order chi connectivity index (χ0) is 23.9. The number of rotatable bonds is 6. The zero-order valence-electron chi connectivity index (χ0n) is 17.6. The molecule has 2 heterocycles. The van der Waals surface area contributed by atoms with Crippen molar-refractivity contribution in [3.05, 3.63) is 47.5 Å². The monoisotopic (exact) mass is 466 g/mol. The molecule has 0 bridgehead atoms. The number of phenols is 2. The molecule has 2 aliphatic rings. The Morgan fingerprint density at radius 2 is 1.73 bits per heavy atom. The second-order valence-corrected chi connectivity index (χ2v) is 7.93. The van der Waals surface area contributed by atoms with Crippen LogP contribution in [0.1, 0.15) is 23.3 Å². The lowest BCUT2D eigenvalue weighted by Gasteiger charge is -2.39. The summed E-state index contributed by atoms with van der Waals surface area (Å²) in [6, 6.07) is 8.93. The Morgan fingerprint density at radius 3 is 2.36 bits per heavy atom. The van der Waals surface area contributed by atoms with Crippen LogP contribution in [-0.2, 0) is 9.47 Å². The molecule has 7 N–H and O–H groups in total. The minimum atomic E-state index is -1.60. The highest BCUT2D eigenvalue weighted by atomic mass is 16.7. The molecule has 4 rings (SSSR count). The van der Waals surface area contributed by atoms with Crippen LogP contribution in [-0.4, -0.2) is 86.3 Å². The van der Waals surface area contributed by atoms with E-state index in [0.29, 0.717) is 11.3 Å². The molecule has 0 amide bonds. The third kappa shape index (κ3) is 4.32. The molecule has 8 unspecified atom stereocenters. The van der Waals surface area contributed by atoms with Crippen LogP contribution in [0.3, 0.4) is 0 Å². The van der Waals surface area contributed by atoms with Crippen LogP contribution < -0.4 is 9.47 Å². The van der Waals surface area contributed by atoms with E-state index in [1.165, 1.54) is 13.2 Å². The number of aromatic hydroxyl groups is 2. The Balaban J connectivity index is 1.69. The average molecular weight is 466 g/mol. The first kappa shape index (κ1) is 23.5. The minimum Gasteiger partial charge on any atom is -0.508 e. The first-order chi connectivity index (χ1) is 15.7. The van der Waals surface area contributed by atoms with E-state index in [-0.39, 0.29) is 17.1 Å². The van der Waals surface area contributed by atoms with Crippen LogP contribution in [0.2, 0.25) is 0 Å². The fourth-order valence-electron chi connectivity index (χ4n) is 4.08. The number of fused-ring (bicyclic) bond motifs is 1. The van der Waals surface area contributed by atoms with Crippen LogP contribution in [0.25, 0.3) is 0 Å². The summed E-state index contributed by atoms with van der Waals surface area (Å²) in [4.78, 5) is 0. The third-order valence-corrected chi connectivity index (χ3v) is 5.82. The van der Waals surface area contributed by atoms with Crippen molar-refractivity contribution in [1.29, 1.82) is 0 Å².